The molecule has 27 heavy (non-hydrogen) atoms. The standard InChI is InChI=1S/C20H20ClN3O2S/c21-19-6-4-14-12-15(3-5-16(14)23-19)20(25)22-13-17(18-2-1-11-27-18)24-7-9-26-10-8-24/h1-6,11-12,17H,7-10,13H2,(H,22,25). The highest BCUT2D eigenvalue weighted by atomic mass is 35.5. The van der Waals surface area contributed by atoms with Gasteiger partial charge < -0.3 is 10.1 Å². The van der Waals surface area contributed by atoms with Crippen LogP contribution in [-0.2, 0) is 4.74 Å². The second kappa shape index (κ2) is 8.35. The lowest BCUT2D eigenvalue weighted by Gasteiger charge is -2.34. The number of ether oxygens (including phenoxy) is 1. The van der Waals surface area contributed by atoms with Crippen molar-refractivity contribution in [3.8, 4) is 0 Å². The summed E-state index contributed by atoms with van der Waals surface area (Å²) in [6, 6.07) is 13.4. The molecule has 1 fully saturated rings. The average Bonchev–Trinajstić information content (AvgIpc) is 3.23. The van der Waals surface area contributed by atoms with Gasteiger partial charge in [0, 0.05) is 35.5 Å². The summed E-state index contributed by atoms with van der Waals surface area (Å²) in [5.74, 6) is -0.0818. The molecule has 1 atom stereocenters. The first kappa shape index (κ1) is 18.4. The molecule has 140 valence electrons. The zero-order chi connectivity index (χ0) is 18.6. The number of hydrogen-bond donors (Lipinski definition) is 1. The number of carbonyl (C=O) groups is 1. The molecule has 1 aliphatic rings. The van der Waals surface area contributed by atoms with E-state index in [2.05, 4.69) is 32.7 Å². The Kier molecular flexibility index (Phi) is 5.69. The molecule has 2 aromatic heterocycles. The van der Waals surface area contributed by atoms with Crippen LogP contribution in [0.15, 0.2) is 47.8 Å². The topological polar surface area (TPSA) is 54.5 Å². The molecule has 0 aliphatic carbocycles. The van der Waals surface area contributed by atoms with E-state index in [1.54, 1.807) is 23.5 Å². The summed E-state index contributed by atoms with van der Waals surface area (Å²) in [6.45, 7) is 3.78. The summed E-state index contributed by atoms with van der Waals surface area (Å²) >= 11 is 7.65. The molecular formula is C20H20ClN3O2S. The Morgan fingerprint density at radius 1 is 1.26 bits per heavy atom. The van der Waals surface area contributed by atoms with Crippen molar-refractivity contribution in [1.29, 1.82) is 0 Å². The molecule has 3 heterocycles. The first-order valence-corrected chi connectivity index (χ1v) is 10.2. The molecule has 1 unspecified atom stereocenters. The van der Waals surface area contributed by atoms with E-state index >= 15 is 0 Å². The van der Waals surface area contributed by atoms with Crippen LogP contribution in [0, 0.1) is 0 Å². The second-order valence-corrected chi connectivity index (χ2v) is 7.80. The molecule has 1 saturated heterocycles. The van der Waals surface area contributed by atoms with Crippen molar-refractivity contribution >= 4 is 39.7 Å². The van der Waals surface area contributed by atoms with Crippen LogP contribution < -0.4 is 5.32 Å². The summed E-state index contributed by atoms with van der Waals surface area (Å²) in [6.07, 6.45) is 0. The van der Waals surface area contributed by atoms with E-state index in [1.165, 1.54) is 4.88 Å². The van der Waals surface area contributed by atoms with Gasteiger partial charge in [-0.15, -0.1) is 11.3 Å². The van der Waals surface area contributed by atoms with Gasteiger partial charge in [-0.1, -0.05) is 17.7 Å². The van der Waals surface area contributed by atoms with Crippen LogP contribution in [0.4, 0.5) is 0 Å². The van der Waals surface area contributed by atoms with Crippen LogP contribution in [-0.4, -0.2) is 48.6 Å². The van der Waals surface area contributed by atoms with Crippen LogP contribution in [0.2, 0.25) is 5.15 Å². The Balaban J connectivity index is 1.48. The number of morpholine rings is 1. The van der Waals surface area contributed by atoms with E-state index in [-0.39, 0.29) is 11.9 Å². The van der Waals surface area contributed by atoms with E-state index in [9.17, 15) is 4.79 Å². The molecule has 1 aromatic carbocycles. The minimum atomic E-state index is -0.0818. The normalized spacial score (nSPS) is 16.3. The predicted molar refractivity (Wildman–Crippen MR) is 109 cm³/mol. The molecule has 0 spiro atoms. The van der Waals surface area contributed by atoms with E-state index in [1.807, 2.05) is 18.2 Å². The Morgan fingerprint density at radius 2 is 2.11 bits per heavy atom. The number of nitrogens with one attached hydrogen (secondary N) is 1. The monoisotopic (exact) mass is 401 g/mol. The van der Waals surface area contributed by atoms with Crippen molar-refractivity contribution < 1.29 is 9.53 Å². The molecule has 0 saturated carbocycles. The second-order valence-electron chi connectivity index (χ2n) is 6.43. The van der Waals surface area contributed by atoms with Crippen molar-refractivity contribution in [2.75, 3.05) is 32.8 Å². The number of halogens is 1. The fourth-order valence-electron chi connectivity index (χ4n) is 3.31. The molecule has 5 nitrogen and oxygen atoms in total. The molecule has 0 bridgehead atoms. The maximum Gasteiger partial charge on any atom is 0.251 e. The number of rotatable bonds is 5. The van der Waals surface area contributed by atoms with Gasteiger partial charge in [0.15, 0.2) is 0 Å². The lowest BCUT2D eigenvalue weighted by Crippen LogP contribution is -2.43. The summed E-state index contributed by atoms with van der Waals surface area (Å²) < 4.78 is 5.47. The fourth-order valence-corrected chi connectivity index (χ4v) is 4.33. The summed E-state index contributed by atoms with van der Waals surface area (Å²) in [5, 5.41) is 6.52. The first-order valence-electron chi connectivity index (χ1n) is 8.90. The third kappa shape index (κ3) is 4.30. The number of amides is 1. The minimum Gasteiger partial charge on any atom is -0.379 e. The number of thiophene rings is 1. The van der Waals surface area contributed by atoms with E-state index in [4.69, 9.17) is 16.3 Å². The molecule has 7 heteroatoms. The Hall–Kier alpha value is -1.99. The maximum atomic E-state index is 12.7. The smallest absolute Gasteiger partial charge is 0.251 e. The summed E-state index contributed by atoms with van der Waals surface area (Å²) in [7, 11) is 0. The van der Waals surface area contributed by atoms with E-state index in [0.717, 1.165) is 37.2 Å². The number of benzene rings is 1. The minimum absolute atomic E-state index is 0.0818. The van der Waals surface area contributed by atoms with Crippen molar-refractivity contribution in [3.05, 3.63) is 63.4 Å². The maximum absolute atomic E-state index is 12.7. The number of hydrogen-bond acceptors (Lipinski definition) is 5. The van der Waals surface area contributed by atoms with Crippen LogP contribution >= 0.6 is 22.9 Å². The van der Waals surface area contributed by atoms with Crippen molar-refractivity contribution in [3.63, 3.8) is 0 Å². The molecule has 4 rings (SSSR count). The molecule has 1 amide bonds. The summed E-state index contributed by atoms with van der Waals surface area (Å²) in [4.78, 5) is 20.6. The van der Waals surface area contributed by atoms with Crippen molar-refractivity contribution in [2.45, 2.75) is 6.04 Å². The highest BCUT2D eigenvalue weighted by Gasteiger charge is 2.24. The van der Waals surface area contributed by atoms with E-state index in [0.29, 0.717) is 17.3 Å². The van der Waals surface area contributed by atoms with E-state index < -0.39 is 0 Å². The zero-order valence-electron chi connectivity index (χ0n) is 14.7. The number of carbonyl (C=O) groups excluding carboxylic acids is 1. The Bertz CT molecular complexity index is 926. The van der Waals surface area contributed by atoms with Gasteiger partial charge in [-0.05, 0) is 41.8 Å². The van der Waals surface area contributed by atoms with Crippen LogP contribution in [0.25, 0.3) is 10.9 Å². The number of nitrogens with zero attached hydrogens (tertiary/aromatic N) is 2. The highest BCUT2D eigenvalue weighted by molar-refractivity contribution is 7.10. The Morgan fingerprint density at radius 3 is 2.89 bits per heavy atom. The fraction of sp³-hybridized carbons (Fsp3) is 0.300. The first-order chi connectivity index (χ1) is 13.2. The van der Waals surface area contributed by atoms with Gasteiger partial charge >= 0.3 is 0 Å². The third-order valence-corrected chi connectivity index (χ3v) is 5.92. The van der Waals surface area contributed by atoms with Gasteiger partial charge in [0.2, 0.25) is 0 Å². The van der Waals surface area contributed by atoms with Gasteiger partial charge in [0.1, 0.15) is 5.15 Å². The number of fused-ring (bicyclic) bond motifs is 1. The van der Waals surface area contributed by atoms with Crippen LogP contribution in [0.5, 0.6) is 0 Å². The van der Waals surface area contributed by atoms with Gasteiger partial charge in [-0.3, -0.25) is 9.69 Å². The highest BCUT2D eigenvalue weighted by Crippen LogP contribution is 2.25. The largest absolute Gasteiger partial charge is 0.379 e. The number of aromatic nitrogens is 1. The van der Waals surface area contributed by atoms with Crippen LogP contribution in [0.3, 0.4) is 0 Å². The van der Waals surface area contributed by atoms with Gasteiger partial charge in [0.05, 0.1) is 24.8 Å². The Labute approximate surface area is 166 Å². The van der Waals surface area contributed by atoms with Crippen molar-refractivity contribution in [1.82, 2.24) is 15.2 Å². The molecule has 0 radical (unpaired) electrons. The molecular weight excluding hydrogens is 382 g/mol. The zero-order valence-corrected chi connectivity index (χ0v) is 16.3. The third-order valence-electron chi connectivity index (χ3n) is 4.73. The molecule has 1 aliphatic heterocycles. The SMILES string of the molecule is O=C(NCC(c1cccs1)N1CCOCC1)c1ccc2nc(Cl)ccc2c1. The predicted octanol–water partition coefficient (Wildman–Crippen LogP) is 3.75. The van der Waals surface area contributed by atoms with Gasteiger partial charge in [-0.2, -0.15) is 0 Å². The lowest BCUT2D eigenvalue weighted by atomic mass is 10.1. The molecule has 3 aromatic rings. The van der Waals surface area contributed by atoms with Gasteiger partial charge in [0.25, 0.3) is 5.91 Å². The van der Waals surface area contributed by atoms with Crippen LogP contribution in [0.1, 0.15) is 21.3 Å². The summed E-state index contributed by atoms with van der Waals surface area (Å²) in [5.41, 5.74) is 1.40. The molecule has 1 N–H and O–H groups in total. The lowest BCUT2D eigenvalue weighted by molar-refractivity contribution is 0.0169. The average molecular weight is 402 g/mol. The number of pyridine rings is 1. The van der Waals surface area contributed by atoms with Crippen molar-refractivity contribution in [2.24, 2.45) is 0 Å². The van der Waals surface area contributed by atoms with Gasteiger partial charge in [-0.25, -0.2) is 4.98 Å². The quantitative estimate of drug-likeness (QED) is 0.661.